The molecule has 3 aromatic carbocycles. The van der Waals surface area contributed by atoms with Gasteiger partial charge < -0.3 is 4.74 Å². The lowest BCUT2D eigenvalue weighted by Crippen LogP contribution is -2.22. The maximum Gasteiger partial charge on any atom is 0.340 e. The first-order chi connectivity index (χ1) is 17.0. The molecule has 1 aliphatic carbocycles. The first-order valence-corrected chi connectivity index (χ1v) is 11.5. The van der Waals surface area contributed by atoms with Crippen molar-refractivity contribution in [3.63, 3.8) is 0 Å². The third kappa shape index (κ3) is 4.40. The number of ketones is 1. The summed E-state index contributed by atoms with van der Waals surface area (Å²) in [7, 11) is 0. The molecule has 0 aliphatic heterocycles. The van der Waals surface area contributed by atoms with Gasteiger partial charge in [0.15, 0.2) is 6.10 Å². The molecule has 35 heavy (non-hydrogen) atoms. The fourth-order valence-electron chi connectivity index (χ4n) is 4.57. The third-order valence-corrected chi connectivity index (χ3v) is 6.30. The maximum atomic E-state index is 13.7. The molecule has 0 N–H and O–H groups in total. The summed E-state index contributed by atoms with van der Waals surface area (Å²) in [6, 6.07) is 21.5. The topological polar surface area (TPSA) is 99.4 Å². The van der Waals surface area contributed by atoms with Crippen molar-refractivity contribution >= 4 is 28.3 Å². The van der Waals surface area contributed by atoms with Gasteiger partial charge in [-0.1, -0.05) is 48.5 Å². The number of esters is 1. The van der Waals surface area contributed by atoms with Crippen molar-refractivity contribution in [2.45, 2.75) is 31.8 Å². The summed E-state index contributed by atoms with van der Waals surface area (Å²) in [5.74, 6) is -1.01. The fourth-order valence-corrected chi connectivity index (χ4v) is 4.57. The molecule has 0 fully saturated rings. The van der Waals surface area contributed by atoms with Crippen molar-refractivity contribution < 1.29 is 19.2 Å². The van der Waals surface area contributed by atoms with Crippen molar-refractivity contribution in [3.8, 4) is 0 Å². The first kappa shape index (κ1) is 22.4. The van der Waals surface area contributed by atoms with Crippen LogP contribution in [-0.2, 0) is 17.6 Å². The van der Waals surface area contributed by atoms with E-state index in [1.807, 2.05) is 24.3 Å². The van der Waals surface area contributed by atoms with Crippen molar-refractivity contribution in [3.05, 3.63) is 117 Å². The number of nitro benzene ring substituents is 1. The number of benzene rings is 3. The van der Waals surface area contributed by atoms with E-state index in [0.29, 0.717) is 34.0 Å². The lowest BCUT2D eigenvalue weighted by molar-refractivity contribution is -0.384. The molecule has 1 aromatic heterocycles. The molecule has 1 aliphatic rings. The molecule has 4 aromatic rings. The molecule has 5 rings (SSSR count). The molecule has 0 unspecified atom stereocenters. The van der Waals surface area contributed by atoms with Crippen molar-refractivity contribution in [2.24, 2.45) is 0 Å². The Morgan fingerprint density at radius 1 is 0.886 bits per heavy atom. The summed E-state index contributed by atoms with van der Waals surface area (Å²) in [6.45, 7) is 0. The second kappa shape index (κ2) is 9.46. The van der Waals surface area contributed by atoms with Gasteiger partial charge in [-0.05, 0) is 49.4 Å². The second-order valence-electron chi connectivity index (χ2n) is 8.50. The quantitative estimate of drug-likeness (QED) is 0.154. The van der Waals surface area contributed by atoms with Crippen LogP contribution in [0.25, 0.3) is 10.9 Å². The molecule has 0 amide bonds. The number of ether oxygens (including phenoxy) is 1. The molecular formula is C28H22N2O5. The zero-order valence-corrected chi connectivity index (χ0v) is 18.8. The molecule has 0 bridgehead atoms. The number of aryl methyl sites for hydroxylation is 1. The van der Waals surface area contributed by atoms with E-state index in [1.54, 1.807) is 30.3 Å². The molecule has 7 heteroatoms. The fraction of sp³-hybridized carbons (Fsp3) is 0.179. The van der Waals surface area contributed by atoms with Crippen molar-refractivity contribution in [2.75, 3.05) is 0 Å². The Bertz CT molecular complexity index is 1430. The van der Waals surface area contributed by atoms with Crippen LogP contribution in [-0.4, -0.2) is 21.7 Å². The molecule has 0 saturated carbocycles. The van der Waals surface area contributed by atoms with Crippen LogP contribution >= 0.6 is 0 Å². The lowest BCUT2D eigenvalue weighted by Gasteiger charge is -2.22. The number of hydrogen-bond acceptors (Lipinski definition) is 6. The monoisotopic (exact) mass is 466 g/mol. The number of aromatic nitrogens is 1. The molecular weight excluding hydrogens is 444 g/mol. The van der Waals surface area contributed by atoms with Crippen LogP contribution < -0.4 is 0 Å². The van der Waals surface area contributed by atoms with Gasteiger partial charge in [-0.2, -0.15) is 0 Å². The highest BCUT2D eigenvalue weighted by molar-refractivity contribution is 6.07. The van der Waals surface area contributed by atoms with E-state index in [2.05, 4.69) is 0 Å². The summed E-state index contributed by atoms with van der Waals surface area (Å²) in [5.41, 5.74) is 3.55. The van der Waals surface area contributed by atoms with Gasteiger partial charge in [0, 0.05) is 34.3 Å². The Balaban J connectivity index is 1.58. The predicted molar refractivity (Wildman–Crippen MR) is 130 cm³/mol. The zero-order chi connectivity index (χ0) is 24.4. The standard InChI is InChI=1S/C28H22N2O5/c31-26(18-8-2-1-3-9-18)27(19-14-16-20(17-15-19)30(33)34)35-28(32)25-21-10-4-6-12-23(21)29-24-13-7-5-11-22(24)25/h1-4,6,8-10,12,14-17,27H,5,7,11,13H2/t27-/m0/s1. The predicted octanol–water partition coefficient (Wildman–Crippen LogP) is 5.80. The summed E-state index contributed by atoms with van der Waals surface area (Å²) < 4.78 is 5.93. The van der Waals surface area contributed by atoms with Gasteiger partial charge in [0.05, 0.1) is 16.0 Å². The molecule has 174 valence electrons. The van der Waals surface area contributed by atoms with Crippen LogP contribution in [0, 0.1) is 10.1 Å². The average molecular weight is 466 g/mol. The molecule has 1 heterocycles. The molecule has 0 saturated heterocycles. The smallest absolute Gasteiger partial charge is 0.340 e. The van der Waals surface area contributed by atoms with Crippen LogP contribution in [0.1, 0.15) is 56.5 Å². The van der Waals surface area contributed by atoms with E-state index >= 15 is 0 Å². The minimum atomic E-state index is -1.25. The van der Waals surface area contributed by atoms with E-state index < -0.39 is 22.8 Å². The number of fused-ring (bicyclic) bond motifs is 2. The number of nitro groups is 1. The highest BCUT2D eigenvalue weighted by Crippen LogP contribution is 2.32. The molecule has 7 nitrogen and oxygen atoms in total. The Labute approximate surface area is 201 Å². The Morgan fingerprint density at radius 2 is 1.57 bits per heavy atom. The summed E-state index contributed by atoms with van der Waals surface area (Å²) >= 11 is 0. The van der Waals surface area contributed by atoms with E-state index in [4.69, 9.17) is 9.72 Å². The van der Waals surface area contributed by atoms with Gasteiger partial charge in [0.25, 0.3) is 5.69 Å². The van der Waals surface area contributed by atoms with E-state index in [0.717, 1.165) is 30.5 Å². The number of hydrogen-bond donors (Lipinski definition) is 0. The summed E-state index contributed by atoms with van der Waals surface area (Å²) in [5, 5.41) is 11.8. The van der Waals surface area contributed by atoms with Crippen LogP contribution in [0.4, 0.5) is 5.69 Å². The van der Waals surface area contributed by atoms with E-state index in [1.165, 1.54) is 24.3 Å². The van der Waals surface area contributed by atoms with Gasteiger partial charge in [0.2, 0.25) is 5.78 Å². The molecule has 0 spiro atoms. The average Bonchev–Trinajstić information content (AvgIpc) is 2.90. The van der Waals surface area contributed by atoms with Crippen LogP contribution in [0.2, 0.25) is 0 Å². The second-order valence-corrected chi connectivity index (χ2v) is 8.50. The Hall–Kier alpha value is -4.39. The molecule has 1 atom stereocenters. The van der Waals surface area contributed by atoms with Crippen molar-refractivity contribution in [1.82, 2.24) is 4.98 Å². The third-order valence-electron chi connectivity index (χ3n) is 6.30. The SMILES string of the molecule is O=C(O[C@H](C(=O)c1ccccc1)c1ccc([N+](=O)[O-])cc1)c1c2c(nc3ccccc13)CCCC2. The van der Waals surface area contributed by atoms with E-state index in [-0.39, 0.29) is 5.69 Å². The first-order valence-electron chi connectivity index (χ1n) is 11.5. The largest absolute Gasteiger partial charge is 0.445 e. The number of para-hydroxylation sites is 1. The lowest BCUT2D eigenvalue weighted by atomic mass is 9.89. The number of carbonyl (C=O) groups is 2. The van der Waals surface area contributed by atoms with Crippen LogP contribution in [0.15, 0.2) is 78.9 Å². The summed E-state index contributed by atoms with van der Waals surface area (Å²) in [6.07, 6.45) is 2.20. The van der Waals surface area contributed by atoms with Gasteiger partial charge in [-0.25, -0.2) is 4.79 Å². The van der Waals surface area contributed by atoms with Gasteiger partial charge in [-0.3, -0.25) is 19.9 Å². The zero-order valence-electron chi connectivity index (χ0n) is 18.8. The normalized spacial score (nSPS) is 13.6. The van der Waals surface area contributed by atoms with Crippen molar-refractivity contribution in [1.29, 1.82) is 0 Å². The van der Waals surface area contributed by atoms with E-state index in [9.17, 15) is 19.7 Å². The number of nitrogens with zero attached hydrogens (tertiary/aromatic N) is 2. The minimum Gasteiger partial charge on any atom is -0.445 e. The van der Waals surface area contributed by atoms with Crippen LogP contribution in [0.3, 0.4) is 0 Å². The number of pyridine rings is 1. The molecule has 0 radical (unpaired) electrons. The maximum absolute atomic E-state index is 13.7. The number of rotatable bonds is 6. The number of Topliss-reactive ketones (excluding diaryl/α,β-unsaturated/α-hetero) is 1. The Morgan fingerprint density at radius 3 is 2.31 bits per heavy atom. The van der Waals surface area contributed by atoms with Gasteiger partial charge in [-0.15, -0.1) is 0 Å². The number of carbonyl (C=O) groups excluding carboxylic acids is 2. The summed E-state index contributed by atoms with van der Waals surface area (Å²) in [4.78, 5) is 42.5. The van der Waals surface area contributed by atoms with Crippen LogP contribution in [0.5, 0.6) is 0 Å². The highest BCUT2D eigenvalue weighted by atomic mass is 16.6. The highest BCUT2D eigenvalue weighted by Gasteiger charge is 2.30. The van der Waals surface area contributed by atoms with Gasteiger partial charge in [0.1, 0.15) is 0 Å². The minimum absolute atomic E-state index is 0.111. The van der Waals surface area contributed by atoms with Gasteiger partial charge >= 0.3 is 5.97 Å². The number of non-ortho nitro benzene ring substituents is 1. The Kier molecular flexibility index (Phi) is 6.06.